The quantitative estimate of drug-likeness (QED) is 0.579. The number of carbonyl (C=O) groups excluding carboxylic acids is 1. The first-order valence-corrected chi connectivity index (χ1v) is 8.92. The third-order valence-electron chi connectivity index (χ3n) is 2.74. The molecule has 0 bridgehead atoms. The Hall–Kier alpha value is 0.250. The number of sulfone groups is 1. The van der Waals surface area contributed by atoms with Crippen molar-refractivity contribution in [1.82, 2.24) is 10.6 Å². The van der Waals surface area contributed by atoms with E-state index >= 15 is 0 Å². The number of hydrogen-bond acceptors (Lipinski definition) is 4. The van der Waals surface area contributed by atoms with Crippen LogP contribution in [0, 0.1) is 0 Å². The molecule has 0 aromatic heterocycles. The Morgan fingerprint density at radius 1 is 1.42 bits per heavy atom. The second-order valence-electron chi connectivity index (χ2n) is 4.56. The topological polar surface area (TPSA) is 75.3 Å². The molecule has 9 heteroatoms. The van der Waals surface area contributed by atoms with E-state index in [-0.39, 0.29) is 23.5 Å². The van der Waals surface area contributed by atoms with Gasteiger partial charge in [0, 0.05) is 12.5 Å². The molecule has 0 aromatic carbocycles. The minimum absolute atomic E-state index is 0.00606. The number of nitrogens with one attached hydrogen (secondary N) is 2. The van der Waals surface area contributed by atoms with Gasteiger partial charge in [0.15, 0.2) is 9.84 Å². The SMILES string of the molecule is CCCC(=O)N[C@@H](N[C@@H]1CCS(=O)(=O)C1)C(Cl)(Cl)Cl. The lowest BCUT2D eigenvalue weighted by Crippen LogP contribution is -2.56. The fourth-order valence-electron chi connectivity index (χ4n) is 1.84. The molecular formula is C10H17Cl3N2O3S. The molecule has 1 heterocycles. The highest BCUT2D eigenvalue weighted by Gasteiger charge is 2.38. The van der Waals surface area contributed by atoms with Gasteiger partial charge in [-0.15, -0.1) is 0 Å². The summed E-state index contributed by atoms with van der Waals surface area (Å²) in [5.41, 5.74) is 0. The zero-order chi connectivity index (χ0) is 14.7. The monoisotopic (exact) mass is 350 g/mol. The van der Waals surface area contributed by atoms with E-state index < -0.39 is 19.8 Å². The highest BCUT2D eigenvalue weighted by molar-refractivity contribution is 7.91. The van der Waals surface area contributed by atoms with Crippen molar-refractivity contribution in [1.29, 1.82) is 0 Å². The summed E-state index contributed by atoms with van der Waals surface area (Å²) in [5.74, 6) is -0.138. The fraction of sp³-hybridized carbons (Fsp3) is 0.900. The molecule has 1 aliphatic rings. The summed E-state index contributed by atoms with van der Waals surface area (Å²) in [7, 11) is -3.03. The molecule has 112 valence electrons. The molecule has 1 amide bonds. The lowest BCUT2D eigenvalue weighted by Gasteiger charge is -2.29. The molecule has 5 nitrogen and oxygen atoms in total. The van der Waals surface area contributed by atoms with Crippen molar-refractivity contribution in [3.63, 3.8) is 0 Å². The van der Waals surface area contributed by atoms with Crippen LogP contribution in [0.5, 0.6) is 0 Å². The number of halogens is 3. The van der Waals surface area contributed by atoms with E-state index in [0.29, 0.717) is 19.3 Å². The molecular weight excluding hydrogens is 335 g/mol. The van der Waals surface area contributed by atoms with Gasteiger partial charge in [-0.1, -0.05) is 41.7 Å². The summed E-state index contributed by atoms with van der Waals surface area (Å²) < 4.78 is 21.0. The average molecular weight is 352 g/mol. The normalized spacial score (nSPS) is 24.1. The van der Waals surface area contributed by atoms with Crippen molar-refractivity contribution in [2.45, 2.75) is 42.2 Å². The van der Waals surface area contributed by atoms with Crippen molar-refractivity contribution < 1.29 is 13.2 Å². The van der Waals surface area contributed by atoms with Crippen molar-refractivity contribution >= 4 is 50.5 Å². The minimum atomic E-state index is -3.03. The molecule has 0 radical (unpaired) electrons. The Morgan fingerprint density at radius 2 is 2.05 bits per heavy atom. The molecule has 1 aliphatic heterocycles. The second-order valence-corrected chi connectivity index (χ2v) is 9.16. The van der Waals surface area contributed by atoms with Crippen molar-refractivity contribution in [3.8, 4) is 0 Å². The second kappa shape index (κ2) is 6.80. The lowest BCUT2D eigenvalue weighted by atomic mass is 10.2. The molecule has 1 fully saturated rings. The van der Waals surface area contributed by atoms with Gasteiger partial charge in [-0.25, -0.2) is 8.42 Å². The van der Waals surface area contributed by atoms with Gasteiger partial charge in [-0.05, 0) is 12.8 Å². The summed E-state index contributed by atoms with van der Waals surface area (Å²) in [6.45, 7) is 1.86. The Balaban J connectivity index is 2.63. The molecule has 0 aromatic rings. The van der Waals surface area contributed by atoms with E-state index in [4.69, 9.17) is 34.8 Å². The third kappa shape index (κ3) is 6.04. The molecule has 0 unspecified atom stereocenters. The first-order chi connectivity index (χ1) is 8.64. The fourth-order valence-corrected chi connectivity index (χ4v) is 3.88. The van der Waals surface area contributed by atoms with Gasteiger partial charge in [0.25, 0.3) is 0 Å². The van der Waals surface area contributed by atoms with Crippen LogP contribution in [-0.4, -0.2) is 41.8 Å². The summed E-state index contributed by atoms with van der Waals surface area (Å²) in [5, 5.41) is 5.47. The van der Waals surface area contributed by atoms with E-state index in [1.807, 2.05) is 6.92 Å². The predicted molar refractivity (Wildman–Crippen MR) is 77.3 cm³/mol. The standard InChI is InChI=1S/C10H17Cl3N2O3S/c1-2-3-8(16)15-9(10(11,12)13)14-7-4-5-19(17,18)6-7/h7,9,14H,2-6H2,1H3,(H,15,16)/t7-,9-/m1/s1. The summed E-state index contributed by atoms with van der Waals surface area (Å²) >= 11 is 17.4. The van der Waals surface area contributed by atoms with Crippen molar-refractivity contribution in [2.24, 2.45) is 0 Å². The maximum Gasteiger partial charge on any atom is 0.223 e. The molecule has 0 spiro atoms. The Bertz CT molecular complexity index is 422. The van der Waals surface area contributed by atoms with E-state index in [1.54, 1.807) is 0 Å². The summed E-state index contributed by atoms with van der Waals surface area (Å²) in [6, 6.07) is -0.312. The number of amides is 1. The number of hydrogen-bond donors (Lipinski definition) is 2. The Kier molecular flexibility index (Phi) is 6.20. The first-order valence-electron chi connectivity index (χ1n) is 5.96. The minimum Gasteiger partial charge on any atom is -0.337 e. The van der Waals surface area contributed by atoms with E-state index in [2.05, 4.69) is 10.6 Å². The lowest BCUT2D eigenvalue weighted by molar-refractivity contribution is -0.122. The first kappa shape index (κ1) is 17.3. The van der Waals surface area contributed by atoms with Crippen LogP contribution in [0.25, 0.3) is 0 Å². The summed E-state index contributed by atoms with van der Waals surface area (Å²) in [6.07, 6.45) is 0.538. The third-order valence-corrected chi connectivity index (χ3v) is 5.17. The predicted octanol–water partition coefficient (Wildman–Crippen LogP) is 1.38. The smallest absolute Gasteiger partial charge is 0.223 e. The van der Waals surface area contributed by atoms with Crippen LogP contribution in [-0.2, 0) is 14.6 Å². The number of alkyl halides is 3. The largest absolute Gasteiger partial charge is 0.337 e. The van der Waals surface area contributed by atoms with Crippen LogP contribution in [0.3, 0.4) is 0 Å². The summed E-state index contributed by atoms with van der Waals surface area (Å²) in [4.78, 5) is 11.6. The maximum atomic E-state index is 11.6. The van der Waals surface area contributed by atoms with Gasteiger partial charge >= 0.3 is 0 Å². The van der Waals surface area contributed by atoms with Crippen molar-refractivity contribution in [3.05, 3.63) is 0 Å². The van der Waals surface area contributed by atoms with Gasteiger partial charge in [0.05, 0.1) is 11.5 Å². The molecule has 0 aliphatic carbocycles. The van der Waals surface area contributed by atoms with Gasteiger partial charge < -0.3 is 5.32 Å². The van der Waals surface area contributed by atoms with Gasteiger partial charge in [-0.3, -0.25) is 10.1 Å². The zero-order valence-electron chi connectivity index (χ0n) is 10.5. The van der Waals surface area contributed by atoms with E-state index in [0.717, 1.165) is 0 Å². The van der Waals surface area contributed by atoms with Gasteiger partial charge in [-0.2, -0.15) is 0 Å². The van der Waals surface area contributed by atoms with Crippen LogP contribution >= 0.6 is 34.8 Å². The molecule has 2 N–H and O–H groups in total. The molecule has 19 heavy (non-hydrogen) atoms. The number of rotatable bonds is 5. The van der Waals surface area contributed by atoms with Crippen molar-refractivity contribution in [2.75, 3.05) is 11.5 Å². The highest BCUT2D eigenvalue weighted by atomic mass is 35.6. The van der Waals surface area contributed by atoms with Gasteiger partial charge in [0.2, 0.25) is 9.70 Å². The van der Waals surface area contributed by atoms with Gasteiger partial charge in [0.1, 0.15) is 6.17 Å². The van der Waals surface area contributed by atoms with E-state index in [9.17, 15) is 13.2 Å². The van der Waals surface area contributed by atoms with Crippen LogP contribution < -0.4 is 10.6 Å². The molecule has 1 saturated heterocycles. The molecule has 0 saturated carbocycles. The average Bonchev–Trinajstić information content (AvgIpc) is 2.56. The molecule has 2 atom stereocenters. The van der Waals surface area contributed by atoms with Crippen LogP contribution in [0.1, 0.15) is 26.2 Å². The van der Waals surface area contributed by atoms with Crippen LogP contribution in [0.15, 0.2) is 0 Å². The zero-order valence-corrected chi connectivity index (χ0v) is 13.5. The number of carbonyl (C=O) groups is 1. The highest BCUT2D eigenvalue weighted by Crippen LogP contribution is 2.30. The van der Waals surface area contributed by atoms with Crippen LogP contribution in [0.2, 0.25) is 0 Å². The Labute approximate surface area is 128 Å². The van der Waals surface area contributed by atoms with E-state index in [1.165, 1.54) is 0 Å². The van der Waals surface area contributed by atoms with Crippen LogP contribution in [0.4, 0.5) is 0 Å². The molecule has 1 rings (SSSR count). The maximum absolute atomic E-state index is 11.6. The Morgan fingerprint density at radius 3 is 2.47 bits per heavy atom.